The van der Waals surface area contributed by atoms with E-state index in [0.29, 0.717) is 28.5 Å². The van der Waals surface area contributed by atoms with Crippen LogP contribution in [-0.4, -0.2) is 31.3 Å². The smallest absolute Gasteiger partial charge is 0.259 e. The van der Waals surface area contributed by atoms with Crippen molar-refractivity contribution < 1.29 is 23.8 Å². The lowest BCUT2D eigenvalue weighted by Gasteiger charge is -2.14. The van der Waals surface area contributed by atoms with Gasteiger partial charge in [-0.1, -0.05) is 24.3 Å². The van der Waals surface area contributed by atoms with Gasteiger partial charge in [0, 0.05) is 17.8 Å². The average Bonchev–Trinajstić information content (AvgIpc) is 3.44. The van der Waals surface area contributed by atoms with E-state index in [1.807, 2.05) is 24.3 Å². The lowest BCUT2D eigenvalue weighted by Crippen LogP contribution is -2.30. The maximum Gasteiger partial charge on any atom is 0.259 e. The van der Waals surface area contributed by atoms with Crippen molar-refractivity contribution in [3.8, 4) is 17.2 Å². The molecule has 152 valence electrons. The molecular weight excluding hydrogens is 384 g/mol. The van der Waals surface area contributed by atoms with E-state index in [9.17, 15) is 9.59 Å². The second-order valence-corrected chi connectivity index (χ2v) is 7.35. The molecule has 0 saturated heterocycles. The van der Waals surface area contributed by atoms with Crippen LogP contribution in [0.4, 0.5) is 5.69 Å². The number of hydrogen-bond acceptors (Lipinski definition) is 5. The fourth-order valence-corrected chi connectivity index (χ4v) is 3.33. The maximum atomic E-state index is 13.0. The molecule has 2 aliphatic rings. The Hall–Kier alpha value is -3.74. The van der Waals surface area contributed by atoms with Crippen molar-refractivity contribution in [2.24, 2.45) is 0 Å². The summed E-state index contributed by atoms with van der Waals surface area (Å²) in [5.41, 5.74) is 0.931. The van der Waals surface area contributed by atoms with Crippen molar-refractivity contribution >= 4 is 28.3 Å². The largest absolute Gasteiger partial charge is 0.483 e. The Kier molecular flexibility index (Phi) is 4.63. The van der Waals surface area contributed by atoms with E-state index in [-0.39, 0.29) is 31.3 Å². The molecule has 30 heavy (non-hydrogen) atoms. The summed E-state index contributed by atoms with van der Waals surface area (Å²) >= 11 is 0. The zero-order valence-electron chi connectivity index (χ0n) is 16.1. The summed E-state index contributed by atoms with van der Waals surface area (Å²) in [5.74, 6) is 1.06. The number of benzene rings is 3. The molecule has 7 heteroatoms. The Bertz CT molecular complexity index is 1140. The fourth-order valence-electron chi connectivity index (χ4n) is 3.33. The molecule has 1 saturated carbocycles. The van der Waals surface area contributed by atoms with Gasteiger partial charge in [0.2, 0.25) is 6.79 Å². The molecule has 1 fully saturated rings. The highest BCUT2D eigenvalue weighted by atomic mass is 16.7. The number of amides is 2. The Morgan fingerprint density at radius 1 is 0.967 bits per heavy atom. The molecule has 2 amide bonds. The lowest BCUT2D eigenvalue weighted by atomic mass is 10.1. The summed E-state index contributed by atoms with van der Waals surface area (Å²) in [4.78, 5) is 25.1. The van der Waals surface area contributed by atoms with Gasteiger partial charge < -0.3 is 24.8 Å². The number of ether oxygens (including phenoxy) is 3. The molecule has 1 heterocycles. The van der Waals surface area contributed by atoms with Crippen LogP contribution in [0.2, 0.25) is 0 Å². The third-order valence-electron chi connectivity index (χ3n) is 5.02. The summed E-state index contributed by atoms with van der Waals surface area (Å²) in [6.45, 7) is 0.0253. The Balaban J connectivity index is 1.40. The number of anilines is 1. The minimum atomic E-state index is -0.336. The topological polar surface area (TPSA) is 85.9 Å². The van der Waals surface area contributed by atoms with Crippen molar-refractivity contribution in [2.75, 3.05) is 18.7 Å². The molecule has 7 nitrogen and oxygen atoms in total. The molecule has 2 N–H and O–H groups in total. The third kappa shape index (κ3) is 3.87. The highest BCUT2D eigenvalue weighted by Crippen LogP contribution is 2.35. The predicted octanol–water partition coefficient (Wildman–Crippen LogP) is 3.48. The number of hydrogen-bond donors (Lipinski definition) is 2. The van der Waals surface area contributed by atoms with Crippen molar-refractivity contribution in [2.45, 2.75) is 18.9 Å². The van der Waals surface area contributed by atoms with Crippen molar-refractivity contribution in [1.29, 1.82) is 0 Å². The minimum absolute atomic E-state index is 0.140. The zero-order valence-corrected chi connectivity index (χ0v) is 16.1. The van der Waals surface area contributed by atoms with Gasteiger partial charge in [0.1, 0.15) is 5.75 Å². The quantitative estimate of drug-likeness (QED) is 0.657. The fraction of sp³-hybridized carbons (Fsp3) is 0.217. The number of fused-ring (bicyclic) bond motifs is 2. The molecule has 1 aliphatic heterocycles. The summed E-state index contributed by atoms with van der Waals surface area (Å²) in [6.07, 6.45) is 2.01. The number of rotatable bonds is 6. The summed E-state index contributed by atoms with van der Waals surface area (Å²) < 4.78 is 16.4. The van der Waals surface area contributed by atoms with Crippen molar-refractivity contribution in [1.82, 2.24) is 5.32 Å². The second-order valence-electron chi connectivity index (χ2n) is 7.35. The molecule has 1 aliphatic carbocycles. The van der Waals surface area contributed by atoms with E-state index in [4.69, 9.17) is 14.2 Å². The molecule has 0 atom stereocenters. The maximum absolute atomic E-state index is 13.0. The van der Waals surface area contributed by atoms with E-state index >= 15 is 0 Å². The normalized spacial score (nSPS) is 14.4. The van der Waals surface area contributed by atoms with Crippen LogP contribution in [0.1, 0.15) is 23.2 Å². The van der Waals surface area contributed by atoms with Crippen LogP contribution in [0.5, 0.6) is 17.2 Å². The van der Waals surface area contributed by atoms with Crippen molar-refractivity contribution in [3.05, 3.63) is 60.2 Å². The second kappa shape index (κ2) is 7.59. The Morgan fingerprint density at radius 2 is 1.73 bits per heavy atom. The predicted molar refractivity (Wildman–Crippen MR) is 111 cm³/mol. The first-order valence-corrected chi connectivity index (χ1v) is 9.82. The van der Waals surface area contributed by atoms with E-state index in [1.165, 1.54) is 0 Å². The third-order valence-corrected chi connectivity index (χ3v) is 5.02. The van der Waals surface area contributed by atoms with Crippen LogP contribution < -0.4 is 24.8 Å². The first kappa shape index (κ1) is 18.3. The zero-order chi connectivity index (χ0) is 20.5. The molecule has 3 aromatic carbocycles. The average molecular weight is 404 g/mol. The van der Waals surface area contributed by atoms with Crippen LogP contribution in [-0.2, 0) is 4.79 Å². The monoisotopic (exact) mass is 404 g/mol. The molecule has 0 radical (unpaired) electrons. The summed E-state index contributed by atoms with van der Waals surface area (Å²) in [7, 11) is 0. The lowest BCUT2D eigenvalue weighted by molar-refractivity contribution is -0.123. The SMILES string of the molecule is O=C(COc1cc2ccccc2cc1C(=O)Nc1ccc2c(c1)OCO2)NC1CC1. The molecule has 0 bridgehead atoms. The van der Waals surface area contributed by atoms with E-state index in [1.54, 1.807) is 30.3 Å². The van der Waals surface area contributed by atoms with Gasteiger partial charge in [0.05, 0.1) is 5.56 Å². The summed E-state index contributed by atoms with van der Waals surface area (Å²) in [6, 6.07) is 16.7. The van der Waals surface area contributed by atoms with Gasteiger partial charge in [-0.25, -0.2) is 0 Å². The summed E-state index contributed by atoms with van der Waals surface area (Å²) in [5, 5.41) is 7.58. The van der Waals surface area contributed by atoms with E-state index in [0.717, 1.165) is 23.6 Å². The van der Waals surface area contributed by atoms with Crippen molar-refractivity contribution in [3.63, 3.8) is 0 Å². The van der Waals surface area contributed by atoms with Gasteiger partial charge in [-0.15, -0.1) is 0 Å². The van der Waals surface area contributed by atoms with Gasteiger partial charge in [-0.05, 0) is 47.9 Å². The molecular formula is C23H20N2O5. The van der Waals surface area contributed by atoms with Gasteiger partial charge in [-0.2, -0.15) is 0 Å². The molecule has 3 aromatic rings. The van der Waals surface area contributed by atoms with Gasteiger partial charge in [0.15, 0.2) is 18.1 Å². The van der Waals surface area contributed by atoms with Gasteiger partial charge >= 0.3 is 0 Å². The van der Waals surface area contributed by atoms with Gasteiger partial charge in [-0.3, -0.25) is 9.59 Å². The molecule has 0 aromatic heterocycles. The van der Waals surface area contributed by atoms with Crippen LogP contribution in [0.3, 0.4) is 0 Å². The van der Waals surface area contributed by atoms with Crippen LogP contribution in [0, 0.1) is 0 Å². The molecule has 0 spiro atoms. The molecule has 5 rings (SSSR count). The number of nitrogens with one attached hydrogen (secondary N) is 2. The van der Waals surface area contributed by atoms with E-state index in [2.05, 4.69) is 10.6 Å². The standard InChI is InChI=1S/C23H20N2O5/c26-22(24-16-5-6-16)12-28-20-10-15-4-2-1-3-14(15)9-18(20)23(27)25-17-7-8-19-21(11-17)30-13-29-19/h1-4,7-11,16H,5-6,12-13H2,(H,24,26)(H,25,27). The number of carbonyl (C=O) groups is 2. The Morgan fingerprint density at radius 3 is 2.53 bits per heavy atom. The highest BCUT2D eigenvalue weighted by Gasteiger charge is 2.24. The van der Waals surface area contributed by atoms with Gasteiger partial charge in [0.25, 0.3) is 11.8 Å². The first-order chi connectivity index (χ1) is 14.7. The number of carbonyl (C=O) groups excluding carboxylic acids is 2. The molecule has 0 unspecified atom stereocenters. The van der Waals surface area contributed by atoms with Crippen LogP contribution in [0.25, 0.3) is 10.8 Å². The highest BCUT2D eigenvalue weighted by molar-refractivity contribution is 6.09. The van der Waals surface area contributed by atoms with Crippen LogP contribution >= 0.6 is 0 Å². The first-order valence-electron chi connectivity index (χ1n) is 9.82. The van der Waals surface area contributed by atoms with Crippen LogP contribution in [0.15, 0.2) is 54.6 Å². The Labute approximate surface area is 172 Å². The minimum Gasteiger partial charge on any atom is -0.483 e. The van der Waals surface area contributed by atoms with E-state index < -0.39 is 0 Å².